The van der Waals surface area contributed by atoms with Crippen LogP contribution in [0.5, 0.6) is 0 Å². The third-order valence-electron chi connectivity index (χ3n) is 2.07. The van der Waals surface area contributed by atoms with E-state index in [0.29, 0.717) is 12.5 Å². The summed E-state index contributed by atoms with van der Waals surface area (Å²) in [6, 6.07) is 0. The van der Waals surface area contributed by atoms with Gasteiger partial charge in [-0.3, -0.25) is 9.69 Å². The average Bonchev–Trinajstić information content (AvgIpc) is 2.13. The Labute approximate surface area is 93.2 Å². The molecule has 15 heavy (non-hydrogen) atoms. The van der Waals surface area contributed by atoms with Crippen molar-refractivity contribution >= 4 is 5.97 Å². The second kappa shape index (κ2) is 7.65. The van der Waals surface area contributed by atoms with Gasteiger partial charge in [-0.05, 0) is 20.0 Å². The Morgan fingerprint density at radius 2 is 1.87 bits per heavy atom. The molecule has 90 valence electrons. The molecule has 0 aromatic rings. The molecule has 0 amide bonds. The lowest BCUT2D eigenvalue weighted by Gasteiger charge is -2.24. The van der Waals surface area contributed by atoms with Crippen molar-refractivity contribution in [2.45, 2.75) is 13.8 Å². The van der Waals surface area contributed by atoms with E-state index < -0.39 is 0 Å². The number of methoxy groups -OCH3 is 1. The SMILES string of the molecule is COC(=O)CN(CCN(C)C)CC(C)C. The van der Waals surface area contributed by atoms with Crippen LogP contribution in [0, 0.1) is 5.92 Å². The molecule has 0 heterocycles. The number of rotatable bonds is 7. The molecule has 0 fully saturated rings. The van der Waals surface area contributed by atoms with E-state index in [0.717, 1.165) is 19.6 Å². The highest BCUT2D eigenvalue weighted by Gasteiger charge is 2.12. The molecule has 4 nitrogen and oxygen atoms in total. The van der Waals surface area contributed by atoms with E-state index in [4.69, 9.17) is 0 Å². The van der Waals surface area contributed by atoms with Crippen molar-refractivity contribution in [3.63, 3.8) is 0 Å². The smallest absolute Gasteiger partial charge is 0.319 e. The maximum Gasteiger partial charge on any atom is 0.319 e. The van der Waals surface area contributed by atoms with Crippen LogP contribution in [-0.2, 0) is 9.53 Å². The minimum atomic E-state index is -0.158. The Bertz CT molecular complexity index is 181. The molecular formula is C11H24N2O2. The fraction of sp³-hybridized carbons (Fsp3) is 0.909. The van der Waals surface area contributed by atoms with Gasteiger partial charge in [-0.2, -0.15) is 0 Å². The first-order valence-corrected chi connectivity index (χ1v) is 5.39. The molecule has 0 aliphatic rings. The Kier molecular flexibility index (Phi) is 7.34. The Hall–Kier alpha value is -0.610. The third kappa shape index (κ3) is 8.39. The first kappa shape index (κ1) is 14.4. The van der Waals surface area contributed by atoms with E-state index in [1.54, 1.807) is 0 Å². The van der Waals surface area contributed by atoms with Crippen LogP contribution in [0.1, 0.15) is 13.8 Å². The summed E-state index contributed by atoms with van der Waals surface area (Å²) in [4.78, 5) is 15.4. The summed E-state index contributed by atoms with van der Waals surface area (Å²) < 4.78 is 4.67. The van der Waals surface area contributed by atoms with Crippen molar-refractivity contribution in [2.75, 3.05) is 47.4 Å². The number of hydrogen-bond acceptors (Lipinski definition) is 4. The standard InChI is InChI=1S/C11H24N2O2/c1-10(2)8-13(7-6-12(3)4)9-11(14)15-5/h10H,6-9H2,1-5H3. The normalized spacial score (nSPS) is 11.5. The Morgan fingerprint density at radius 1 is 1.27 bits per heavy atom. The van der Waals surface area contributed by atoms with E-state index >= 15 is 0 Å². The molecule has 0 bridgehead atoms. The van der Waals surface area contributed by atoms with Crippen LogP contribution in [0.15, 0.2) is 0 Å². The van der Waals surface area contributed by atoms with Gasteiger partial charge in [0.25, 0.3) is 0 Å². The summed E-state index contributed by atoms with van der Waals surface area (Å²) in [5, 5.41) is 0. The summed E-state index contributed by atoms with van der Waals surface area (Å²) in [6.07, 6.45) is 0. The van der Waals surface area contributed by atoms with Gasteiger partial charge in [0.2, 0.25) is 0 Å². The topological polar surface area (TPSA) is 32.8 Å². The Morgan fingerprint density at radius 3 is 2.27 bits per heavy atom. The van der Waals surface area contributed by atoms with Crippen molar-refractivity contribution in [1.82, 2.24) is 9.80 Å². The molecule has 0 aromatic heterocycles. The Balaban J connectivity index is 4.00. The van der Waals surface area contributed by atoms with Gasteiger partial charge in [0.05, 0.1) is 13.7 Å². The monoisotopic (exact) mass is 216 g/mol. The van der Waals surface area contributed by atoms with Crippen molar-refractivity contribution in [2.24, 2.45) is 5.92 Å². The molecular weight excluding hydrogens is 192 g/mol. The van der Waals surface area contributed by atoms with Crippen molar-refractivity contribution in [3.8, 4) is 0 Å². The predicted octanol–water partition coefficient (Wildman–Crippen LogP) is 0.679. The second-order valence-electron chi connectivity index (χ2n) is 4.51. The zero-order valence-electron chi connectivity index (χ0n) is 10.6. The molecule has 0 saturated carbocycles. The zero-order valence-corrected chi connectivity index (χ0v) is 10.6. The molecule has 0 aliphatic carbocycles. The molecule has 0 radical (unpaired) electrons. The van der Waals surface area contributed by atoms with Crippen LogP contribution in [0.4, 0.5) is 0 Å². The lowest BCUT2D eigenvalue weighted by atomic mass is 10.2. The molecule has 0 aromatic carbocycles. The number of carbonyl (C=O) groups is 1. The molecule has 0 rings (SSSR count). The molecule has 0 unspecified atom stereocenters. The van der Waals surface area contributed by atoms with Crippen LogP contribution in [-0.4, -0.2) is 63.2 Å². The van der Waals surface area contributed by atoms with Crippen LogP contribution in [0.2, 0.25) is 0 Å². The van der Waals surface area contributed by atoms with E-state index in [1.165, 1.54) is 7.11 Å². The van der Waals surface area contributed by atoms with Gasteiger partial charge in [0.1, 0.15) is 0 Å². The van der Waals surface area contributed by atoms with Crippen LogP contribution < -0.4 is 0 Å². The van der Waals surface area contributed by atoms with Crippen molar-refractivity contribution in [3.05, 3.63) is 0 Å². The van der Waals surface area contributed by atoms with Crippen molar-refractivity contribution < 1.29 is 9.53 Å². The fourth-order valence-electron chi connectivity index (χ4n) is 1.34. The summed E-state index contributed by atoms with van der Waals surface area (Å²) >= 11 is 0. The lowest BCUT2D eigenvalue weighted by Crippen LogP contribution is -2.38. The largest absolute Gasteiger partial charge is 0.468 e. The quantitative estimate of drug-likeness (QED) is 0.586. The predicted molar refractivity (Wildman–Crippen MR) is 61.8 cm³/mol. The lowest BCUT2D eigenvalue weighted by molar-refractivity contribution is -0.142. The molecule has 4 heteroatoms. The maximum atomic E-state index is 11.2. The highest BCUT2D eigenvalue weighted by molar-refractivity contribution is 5.71. The molecule has 0 aliphatic heterocycles. The minimum Gasteiger partial charge on any atom is -0.468 e. The minimum absolute atomic E-state index is 0.158. The molecule has 0 saturated heterocycles. The summed E-state index contributed by atoms with van der Waals surface area (Å²) in [5.74, 6) is 0.409. The van der Waals surface area contributed by atoms with E-state index in [1.807, 2.05) is 14.1 Å². The van der Waals surface area contributed by atoms with Gasteiger partial charge in [-0.15, -0.1) is 0 Å². The fourth-order valence-corrected chi connectivity index (χ4v) is 1.34. The van der Waals surface area contributed by atoms with Crippen LogP contribution in [0.3, 0.4) is 0 Å². The number of carbonyl (C=O) groups excluding carboxylic acids is 1. The number of ether oxygens (including phenoxy) is 1. The first-order valence-electron chi connectivity index (χ1n) is 5.39. The second-order valence-corrected chi connectivity index (χ2v) is 4.51. The average molecular weight is 216 g/mol. The zero-order chi connectivity index (χ0) is 11.8. The van der Waals surface area contributed by atoms with Gasteiger partial charge >= 0.3 is 5.97 Å². The summed E-state index contributed by atoms with van der Waals surface area (Å²) in [5.41, 5.74) is 0. The van der Waals surface area contributed by atoms with Crippen LogP contribution in [0.25, 0.3) is 0 Å². The van der Waals surface area contributed by atoms with Crippen LogP contribution >= 0.6 is 0 Å². The van der Waals surface area contributed by atoms with E-state index in [2.05, 4.69) is 28.4 Å². The van der Waals surface area contributed by atoms with E-state index in [9.17, 15) is 4.79 Å². The molecule has 0 atom stereocenters. The summed E-state index contributed by atoms with van der Waals surface area (Å²) in [6.45, 7) is 7.50. The summed E-state index contributed by atoms with van der Waals surface area (Å²) in [7, 11) is 5.50. The first-order chi connectivity index (χ1) is 6.95. The highest BCUT2D eigenvalue weighted by Crippen LogP contribution is 1.99. The van der Waals surface area contributed by atoms with E-state index in [-0.39, 0.29) is 5.97 Å². The number of esters is 1. The maximum absolute atomic E-state index is 11.2. The van der Waals surface area contributed by atoms with Gasteiger partial charge < -0.3 is 9.64 Å². The van der Waals surface area contributed by atoms with Gasteiger partial charge in [-0.1, -0.05) is 13.8 Å². The van der Waals surface area contributed by atoms with Gasteiger partial charge in [-0.25, -0.2) is 0 Å². The van der Waals surface area contributed by atoms with Gasteiger partial charge in [0.15, 0.2) is 0 Å². The number of nitrogens with zero attached hydrogens (tertiary/aromatic N) is 2. The molecule has 0 N–H and O–H groups in total. The molecule has 0 spiro atoms. The third-order valence-corrected chi connectivity index (χ3v) is 2.07. The number of hydrogen-bond donors (Lipinski definition) is 0. The van der Waals surface area contributed by atoms with Gasteiger partial charge in [0, 0.05) is 19.6 Å². The number of likely N-dealkylation sites (N-methyl/N-ethyl adjacent to an activating group) is 1. The highest BCUT2D eigenvalue weighted by atomic mass is 16.5. The van der Waals surface area contributed by atoms with Crippen molar-refractivity contribution in [1.29, 1.82) is 0 Å².